The third-order valence-electron chi connectivity index (χ3n) is 3.06. The number of hydrogen-bond donors (Lipinski definition) is 2. The van der Waals surface area contributed by atoms with Gasteiger partial charge in [0, 0.05) is 24.1 Å². The maximum atomic E-state index is 12.0. The molecule has 6 heteroatoms. The van der Waals surface area contributed by atoms with Crippen LogP contribution in [0.2, 0.25) is 0 Å². The smallest absolute Gasteiger partial charge is 0.352 e. The van der Waals surface area contributed by atoms with Gasteiger partial charge in [-0.25, -0.2) is 4.79 Å². The van der Waals surface area contributed by atoms with Gasteiger partial charge in [-0.3, -0.25) is 9.59 Å². The van der Waals surface area contributed by atoms with Crippen LogP contribution in [0.15, 0.2) is 46.0 Å². The number of aromatic carboxylic acids is 1. The number of carbonyl (C=O) groups is 1. The van der Waals surface area contributed by atoms with Gasteiger partial charge in [-0.1, -0.05) is 12.2 Å². The molecular formula is C15H13NO5. The van der Waals surface area contributed by atoms with E-state index in [2.05, 4.69) is 0 Å². The van der Waals surface area contributed by atoms with Crippen LogP contribution in [-0.4, -0.2) is 20.7 Å². The largest absolute Gasteiger partial charge is 0.504 e. The fourth-order valence-electron chi connectivity index (χ4n) is 2.04. The Labute approximate surface area is 119 Å². The molecule has 0 bridgehead atoms. The summed E-state index contributed by atoms with van der Waals surface area (Å²) in [4.78, 5) is 34.9. The standard InChI is InChI=1S/C15H13NO5/c1-2-3-6-16-10-4-5-12(17)14(19)7-9(10)13(18)8-11(16)15(20)21/h2-5,7-8H,6H2,1H3,(H,17,19)(H,20,21). The number of carboxylic acids is 1. The maximum absolute atomic E-state index is 12.0. The monoisotopic (exact) mass is 287 g/mol. The summed E-state index contributed by atoms with van der Waals surface area (Å²) in [7, 11) is 0. The van der Waals surface area contributed by atoms with E-state index >= 15 is 0 Å². The van der Waals surface area contributed by atoms with Gasteiger partial charge in [-0.2, -0.15) is 0 Å². The Kier molecular flexibility index (Phi) is 3.89. The van der Waals surface area contributed by atoms with Crippen LogP contribution in [-0.2, 0) is 6.54 Å². The first kappa shape index (κ1) is 14.5. The van der Waals surface area contributed by atoms with E-state index in [4.69, 9.17) is 0 Å². The van der Waals surface area contributed by atoms with E-state index in [1.54, 1.807) is 19.1 Å². The molecule has 0 amide bonds. The Morgan fingerprint density at radius 3 is 2.57 bits per heavy atom. The number of fused-ring (bicyclic) bond motifs is 1. The van der Waals surface area contributed by atoms with E-state index in [1.165, 1.54) is 10.6 Å². The van der Waals surface area contributed by atoms with Crippen molar-refractivity contribution in [3.63, 3.8) is 0 Å². The van der Waals surface area contributed by atoms with Crippen molar-refractivity contribution < 1.29 is 15.0 Å². The molecule has 0 aliphatic heterocycles. The quantitative estimate of drug-likeness (QED) is 0.830. The number of aromatic nitrogens is 1. The van der Waals surface area contributed by atoms with E-state index in [-0.39, 0.29) is 23.1 Å². The lowest BCUT2D eigenvalue weighted by molar-refractivity contribution is 0.0685. The second-order valence-corrected chi connectivity index (χ2v) is 4.40. The minimum Gasteiger partial charge on any atom is -0.504 e. The zero-order chi connectivity index (χ0) is 15.6. The van der Waals surface area contributed by atoms with E-state index in [9.17, 15) is 24.6 Å². The van der Waals surface area contributed by atoms with E-state index in [1.807, 2.05) is 0 Å². The summed E-state index contributed by atoms with van der Waals surface area (Å²) in [5, 5.41) is 18.8. The van der Waals surface area contributed by atoms with Crippen molar-refractivity contribution in [2.75, 3.05) is 0 Å². The third kappa shape index (κ3) is 2.69. The Morgan fingerprint density at radius 2 is 1.95 bits per heavy atom. The summed E-state index contributed by atoms with van der Waals surface area (Å²) in [5.74, 6) is -1.74. The van der Waals surface area contributed by atoms with Gasteiger partial charge in [-0.05, 0) is 19.1 Å². The highest BCUT2D eigenvalue weighted by molar-refractivity contribution is 5.90. The molecule has 0 aliphatic rings. The third-order valence-corrected chi connectivity index (χ3v) is 3.06. The number of carboxylic acid groups (broad SMARTS) is 1. The van der Waals surface area contributed by atoms with Crippen molar-refractivity contribution in [3.05, 3.63) is 62.6 Å². The summed E-state index contributed by atoms with van der Waals surface area (Å²) in [5.41, 5.74) is -1.17. The highest BCUT2D eigenvalue weighted by atomic mass is 16.4. The van der Waals surface area contributed by atoms with Crippen molar-refractivity contribution in [3.8, 4) is 5.75 Å². The Bertz CT molecular complexity index is 864. The summed E-state index contributed by atoms with van der Waals surface area (Å²) in [6.07, 6.45) is 3.47. The normalized spacial score (nSPS) is 11.1. The molecule has 0 radical (unpaired) electrons. The second kappa shape index (κ2) is 5.62. The van der Waals surface area contributed by atoms with Crippen molar-refractivity contribution in [1.82, 2.24) is 4.57 Å². The van der Waals surface area contributed by atoms with Gasteiger partial charge in [-0.15, -0.1) is 0 Å². The summed E-state index contributed by atoms with van der Waals surface area (Å²) in [6, 6.07) is 4.51. The lowest BCUT2D eigenvalue weighted by Crippen LogP contribution is -2.17. The number of allylic oxidation sites excluding steroid dienone is 2. The molecule has 1 aromatic heterocycles. The van der Waals surface area contributed by atoms with Crippen molar-refractivity contribution >= 4 is 16.9 Å². The van der Waals surface area contributed by atoms with E-state index < -0.39 is 22.6 Å². The molecule has 0 aliphatic carbocycles. The predicted molar refractivity (Wildman–Crippen MR) is 77.9 cm³/mol. The van der Waals surface area contributed by atoms with Crippen LogP contribution in [0.1, 0.15) is 17.4 Å². The summed E-state index contributed by atoms with van der Waals surface area (Å²) < 4.78 is 1.40. The van der Waals surface area contributed by atoms with Gasteiger partial charge in [0.1, 0.15) is 5.69 Å². The SMILES string of the molecule is CC=CCn1c(C(=O)O)cc(=O)c2cc(=O)c(O)ccc21. The van der Waals surface area contributed by atoms with Gasteiger partial charge in [0.25, 0.3) is 0 Å². The van der Waals surface area contributed by atoms with Gasteiger partial charge in [0.2, 0.25) is 5.43 Å². The van der Waals surface area contributed by atoms with Crippen LogP contribution in [0.5, 0.6) is 5.75 Å². The number of aromatic hydroxyl groups is 1. The van der Waals surface area contributed by atoms with Crippen LogP contribution in [0.25, 0.3) is 10.9 Å². The molecule has 2 rings (SSSR count). The molecule has 0 fully saturated rings. The van der Waals surface area contributed by atoms with Crippen LogP contribution < -0.4 is 10.9 Å². The van der Waals surface area contributed by atoms with Gasteiger partial charge >= 0.3 is 5.97 Å². The molecule has 1 heterocycles. The molecule has 21 heavy (non-hydrogen) atoms. The zero-order valence-corrected chi connectivity index (χ0v) is 11.2. The molecule has 0 unspecified atom stereocenters. The maximum Gasteiger partial charge on any atom is 0.352 e. The van der Waals surface area contributed by atoms with Crippen LogP contribution in [0.3, 0.4) is 0 Å². The molecule has 108 valence electrons. The minimum absolute atomic E-state index is 0.0646. The van der Waals surface area contributed by atoms with E-state index in [0.717, 1.165) is 18.2 Å². The predicted octanol–water partition coefficient (Wildman–Crippen LogP) is 1.34. The Hall–Kier alpha value is -2.89. The van der Waals surface area contributed by atoms with Gasteiger partial charge < -0.3 is 14.8 Å². The lowest BCUT2D eigenvalue weighted by atomic mass is 10.2. The average molecular weight is 287 g/mol. The molecule has 0 saturated heterocycles. The fraction of sp³-hybridized carbons (Fsp3) is 0.133. The number of rotatable bonds is 3. The van der Waals surface area contributed by atoms with Gasteiger partial charge in [0.05, 0.1) is 5.52 Å². The molecule has 2 N–H and O–H groups in total. The highest BCUT2D eigenvalue weighted by Gasteiger charge is 2.14. The molecule has 6 nitrogen and oxygen atoms in total. The van der Waals surface area contributed by atoms with Crippen LogP contribution in [0, 0.1) is 0 Å². The molecule has 1 aromatic carbocycles. The van der Waals surface area contributed by atoms with Crippen LogP contribution in [0.4, 0.5) is 0 Å². The second-order valence-electron chi connectivity index (χ2n) is 4.40. The van der Waals surface area contributed by atoms with Crippen molar-refractivity contribution in [2.45, 2.75) is 13.5 Å². The van der Waals surface area contributed by atoms with Crippen molar-refractivity contribution in [1.29, 1.82) is 0 Å². The minimum atomic E-state index is -1.24. The molecule has 0 atom stereocenters. The van der Waals surface area contributed by atoms with Gasteiger partial charge in [0.15, 0.2) is 11.2 Å². The first-order chi connectivity index (χ1) is 9.95. The van der Waals surface area contributed by atoms with Crippen LogP contribution >= 0.6 is 0 Å². The highest BCUT2D eigenvalue weighted by Crippen LogP contribution is 2.13. The first-order valence-electron chi connectivity index (χ1n) is 6.21. The summed E-state index contributed by atoms with van der Waals surface area (Å²) >= 11 is 0. The molecule has 2 aromatic rings. The molecule has 0 spiro atoms. The van der Waals surface area contributed by atoms with E-state index in [0.29, 0.717) is 0 Å². The number of pyridine rings is 1. The molecular weight excluding hydrogens is 274 g/mol. The fourth-order valence-corrected chi connectivity index (χ4v) is 2.04. The zero-order valence-electron chi connectivity index (χ0n) is 11.2. The Morgan fingerprint density at radius 1 is 1.24 bits per heavy atom. The summed E-state index contributed by atoms with van der Waals surface area (Å²) in [6.45, 7) is 2.01. The number of hydrogen-bond acceptors (Lipinski definition) is 4. The average Bonchev–Trinajstić information content (AvgIpc) is 2.58. The molecule has 0 saturated carbocycles. The first-order valence-corrected chi connectivity index (χ1v) is 6.21. The Balaban J connectivity index is 3.01. The number of nitrogens with zero attached hydrogens (tertiary/aromatic N) is 1. The van der Waals surface area contributed by atoms with Crippen molar-refractivity contribution in [2.24, 2.45) is 0 Å². The topological polar surface area (TPSA) is 96.6 Å². The lowest BCUT2D eigenvalue weighted by Gasteiger charge is -2.11.